The number of ether oxygens (including phenoxy) is 2. The maximum Gasteiger partial charge on any atom is 0.258 e. The van der Waals surface area contributed by atoms with Crippen molar-refractivity contribution in [1.29, 1.82) is 0 Å². The fourth-order valence-electron chi connectivity index (χ4n) is 3.17. The summed E-state index contributed by atoms with van der Waals surface area (Å²) in [5.74, 6) is 1.30. The van der Waals surface area contributed by atoms with Gasteiger partial charge in [0.1, 0.15) is 11.5 Å². The number of benzene rings is 3. The van der Waals surface area contributed by atoms with Gasteiger partial charge in [-0.3, -0.25) is 4.79 Å². The molecule has 0 saturated heterocycles. The molecule has 1 atom stereocenters. The van der Waals surface area contributed by atoms with Crippen molar-refractivity contribution in [2.24, 2.45) is 0 Å². The highest BCUT2D eigenvalue weighted by Crippen LogP contribution is 2.24. The molecule has 3 aromatic carbocycles. The zero-order valence-electron chi connectivity index (χ0n) is 16.4. The van der Waals surface area contributed by atoms with Crippen LogP contribution in [0.3, 0.4) is 0 Å². The molecule has 3 rings (SSSR count). The lowest BCUT2D eigenvalue weighted by atomic mass is 9.98. The molecule has 0 aliphatic carbocycles. The highest BCUT2D eigenvalue weighted by Gasteiger charge is 2.17. The molecule has 0 bridgehead atoms. The van der Waals surface area contributed by atoms with E-state index in [1.54, 1.807) is 7.11 Å². The average molecular weight is 375 g/mol. The van der Waals surface area contributed by atoms with Gasteiger partial charge in [0.25, 0.3) is 5.91 Å². The Balaban J connectivity index is 1.74. The molecule has 0 heterocycles. The van der Waals surface area contributed by atoms with Crippen LogP contribution in [-0.2, 0) is 4.79 Å². The Morgan fingerprint density at radius 2 is 1.46 bits per heavy atom. The number of nitrogens with one attached hydrogen (secondary N) is 1. The first-order chi connectivity index (χ1) is 13.5. The first-order valence-electron chi connectivity index (χ1n) is 9.24. The minimum atomic E-state index is -0.262. The van der Waals surface area contributed by atoms with Crippen LogP contribution in [0.5, 0.6) is 11.5 Å². The molecule has 0 aliphatic rings. The lowest BCUT2D eigenvalue weighted by Crippen LogP contribution is -2.33. The summed E-state index contributed by atoms with van der Waals surface area (Å²) in [6.07, 6.45) is 0. The van der Waals surface area contributed by atoms with Crippen LogP contribution < -0.4 is 14.8 Å². The van der Waals surface area contributed by atoms with Crippen LogP contribution in [0, 0.1) is 13.8 Å². The van der Waals surface area contributed by atoms with Crippen LogP contribution >= 0.6 is 0 Å². The van der Waals surface area contributed by atoms with Crippen molar-refractivity contribution in [3.05, 3.63) is 95.1 Å². The third kappa shape index (κ3) is 5.13. The lowest BCUT2D eigenvalue weighted by molar-refractivity contribution is -0.123. The summed E-state index contributed by atoms with van der Waals surface area (Å²) in [5.41, 5.74) is 4.20. The van der Waals surface area contributed by atoms with E-state index in [9.17, 15) is 4.79 Å². The van der Waals surface area contributed by atoms with E-state index >= 15 is 0 Å². The Labute approximate surface area is 166 Å². The molecule has 144 valence electrons. The second-order valence-electron chi connectivity index (χ2n) is 6.80. The van der Waals surface area contributed by atoms with E-state index < -0.39 is 0 Å². The van der Waals surface area contributed by atoms with Gasteiger partial charge in [-0.2, -0.15) is 0 Å². The van der Waals surface area contributed by atoms with E-state index in [-0.39, 0.29) is 18.6 Å². The maximum absolute atomic E-state index is 12.6. The van der Waals surface area contributed by atoms with E-state index in [0.717, 1.165) is 28.0 Å². The minimum absolute atomic E-state index is 0.0393. The topological polar surface area (TPSA) is 47.6 Å². The standard InChI is InChI=1S/C24H25NO3/c1-17-13-18(2)15-22(14-17)28-16-23(26)25-24(19-7-5-4-6-8-19)20-9-11-21(27-3)12-10-20/h4-15,24H,16H2,1-3H3,(H,25,26)/t24-/m0/s1. The second-order valence-corrected chi connectivity index (χ2v) is 6.80. The SMILES string of the molecule is COc1ccc([C@@H](NC(=O)COc2cc(C)cc(C)c2)c2ccccc2)cc1. The third-order valence-electron chi connectivity index (χ3n) is 4.45. The van der Waals surface area contributed by atoms with Crippen LogP contribution in [0.15, 0.2) is 72.8 Å². The molecular weight excluding hydrogens is 350 g/mol. The lowest BCUT2D eigenvalue weighted by Gasteiger charge is -2.20. The first-order valence-corrected chi connectivity index (χ1v) is 9.24. The number of hydrogen-bond donors (Lipinski definition) is 1. The summed E-state index contributed by atoms with van der Waals surface area (Å²) in [6.45, 7) is 3.98. The van der Waals surface area contributed by atoms with Crippen molar-refractivity contribution in [2.45, 2.75) is 19.9 Å². The summed E-state index contributed by atoms with van der Waals surface area (Å²) in [6, 6.07) is 23.3. The Bertz CT molecular complexity index is 900. The van der Waals surface area contributed by atoms with Crippen molar-refractivity contribution in [3.8, 4) is 11.5 Å². The number of amides is 1. The molecule has 0 fully saturated rings. The summed E-state index contributed by atoms with van der Waals surface area (Å²) in [4.78, 5) is 12.6. The monoisotopic (exact) mass is 375 g/mol. The van der Waals surface area contributed by atoms with E-state index in [4.69, 9.17) is 9.47 Å². The van der Waals surface area contributed by atoms with Gasteiger partial charge in [-0.1, -0.05) is 48.5 Å². The van der Waals surface area contributed by atoms with Crippen molar-refractivity contribution >= 4 is 5.91 Å². The molecule has 0 radical (unpaired) electrons. The average Bonchev–Trinajstić information content (AvgIpc) is 2.70. The molecule has 0 aromatic heterocycles. The number of aryl methyl sites for hydroxylation is 2. The Morgan fingerprint density at radius 3 is 2.07 bits per heavy atom. The van der Waals surface area contributed by atoms with Crippen LogP contribution in [-0.4, -0.2) is 19.6 Å². The molecule has 4 nitrogen and oxygen atoms in total. The van der Waals surface area contributed by atoms with Gasteiger partial charge in [0.15, 0.2) is 6.61 Å². The molecule has 4 heteroatoms. The van der Waals surface area contributed by atoms with E-state index in [1.165, 1.54) is 0 Å². The minimum Gasteiger partial charge on any atom is -0.497 e. The van der Waals surface area contributed by atoms with Crippen LogP contribution in [0.1, 0.15) is 28.3 Å². The molecule has 1 N–H and O–H groups in total. The quantitative estimate of drug-likeness (QED) is 0.657. The Hall–Kier alpha value is -3.27. The van der Waals surface area contributed by atoms with Crippen molar-refractivity contribution < 1.29 is 14.3 Å². The zero-order chi connectivity index (χ0) is 19.9. The number of methoxy groups -OCH3 is 1. The summed E-state index contributed by atoms with van der Waals surface area (Å²) in [7, 11) is 1.63. The smallest absolute Gasteiger partial charge is 0.258 e. The molecular formula is C24H25NO3. The van der Waals surface area contributed by atoms with Gasteiger partial charge >= 0.3 is 0 Å². The van der Waals surface area contributed by atoms with Crippen LogP contribution in [0.4, 0.5) is 0 Å². The van der Waals surface area contributed by atoms with Gasteiger partial charge in [-0.15, -0.1) is 0 Å². The van der Waals surface area contributed by atoms with Crippen LogP contribution in [0.2, 0.25) is 0 Å². The summed E-state index contributed by atoms with van der Waals surface area (Å²) < 4.78 is 10.9. The number of carbonyl (C=O) groups excluding carboxylic acids is 1. The first kappa shape index (κ1) is 19.5. The molecule has 0 unspecified atom stereocenters. The van der Waals surface area contributed by atoms with Crippen molar-refractivity contribution in [1.82, 2.24) is 5.32 Å². The van der Waals surface area contributed by atoms with Gasteiger partial charge in [-0.05, 0) is 60.4 Å². The molecule has 1 amide bonds. The largest absolute Gasteiger partial charge is 0.497 e. The molecule has 0 saturated carbocycles. The molecule has 0 aliphatic heterocycles. The fourth-order valence-corrected chi connectivity index (χ4v) is 3.17. The predicted molar refractivity (Wildman–Crippen MR) is 111 cm³/mol. The fraction of sp³-hybridized carbons (Fsp3) is 0.208. The number of hydrogen-bond acceptors (Lipinski definition) is 3. The number of carbonyl (C=O) groups is 1. The molecule has 28 heavy (non-hydrogen) atoms. The van der Waals surface area contributed by atoms with Crippen molar-refractivity contribution in [2.75, 3.05) is 13.7 Å². The van der Waals surface area contributed by atoms with E-state index in [1.807, 2.05) is 80.6 Å². The van der Waals surface area contributed by atoms with Crippen molar-refractivity contribution in [3.63, 3.8) is 0 Å². The van der Waals surface area contributed by atoms with E-state index in [2.05, 4.69) is 11.4 Å². The van der Waals surface area contributed by atoms with Gasteiger partial charge in [0.2, 0.25) is 0 Å². The van der Waals surface area contributed by atoms with Gasteiger partial charge in [-0.25, -0.2) is 0 Å². The molecule has 3 aromatic rings. The third-order valence-corrected chi connectivity index (χ3v) is 4.45. The van der Waals surface area contributed by atoms with Gasteiger partial charge in [0.05, 0.1) is 13.2 Å². The summed E-state index contributed by atoms with van der Waals surface area (Å²) >= 11 is 0. The van der Waals surface area contributed by atoms with Gasteiger partial charge in [0, 0.05) is 0 Å². The predicted octanol–water partition coefficient (Wildman–Crippen LogP) is 4.60. The second kappa shape index (κ2) is 9.09. The normalized spacial score (nSPS) is 11.5. The van der Waals surface area contributed by atoms with Gasteiger partial charge < -0.3 is 14.8 Å². The number of rotatable bonds is 7. The van der Waals surface area contributed by atoms with Crippen LogP contribution in [0.25, 0.3) is 0 Å². The Kier molecular flexibility index (Phi) is 6.33. The zero-order valence-corrected chi connectivity index (χ0v) is 16.4. The highest BCUT2D eigenvalue weighted by molar-refractivity contribution is 5.78. The maximum atomic E-state index is 12.6. The van der Waals surface area contributed by atoms with E-state index in [0.29, 0.717) is 5.75 Å². The molecule has 0 spiro atoms. The highest BCUT2D eigenvalue weighted by atomic mass is 16.5. The Morgan fingerprint density at radius 1 is 0.857 bits per heavy atom. The summed E-state index contributed by atoms with van der Waals surface area (Å²) in [5, 5.41) is 3.08.